The lowest BCUT2D eigenvalue weighted by molar-refractivity contribution is -0.149. The van der Waals surface area contributed by atoms with Crippen LogP contribution in [0.25, 0.3) is 6.08 Å². The van der Waals surface area contributed by atoms with Crippen molar-refractivity contribution in [1.82, 2.24) is 4.90 Å². The van der Waals surface area contributed by atoms with Gasteiger partial charge in [0.15, 0.2) is 5.17 Å². The molecule has 1 amide bonds. The molecule has 1 aromatic rings. The third-order valence-electron chi connectivity index (χ3n) is 4.33. The highest BCUT2D eigenvalue weighted by molar-refractivity contribution is 8.18. The monoisotopic (exact) mass is 374 g/mol. The van der Waals surface area contributed by atoms with Gasteiger partial charge < -0.3 is 14.4 Å². The minimum atomic E-state index is -0.237. The number of aliphatic imine (C=N–C) groups is 1. The molecular formula is C19H22N2O4S. The molecule has 0 radical (unpaired) electrons. The molecule has 0 N–H and O–H groups in total. The number of ether oxygens (including phenoxy) is 2. The van der Waals surface area contributed by atoms with E-state index in [-0.39, 0.29) is 17.8 Å². The van der Waals surface area contributed by atoms with Crippen LogP contribution in [0, 0.1) is 5.92 Å². The van der Waals surface area contributed by atoms with Crippen LogP contribution >= 0.6 is 11.8 Å². The number of amidine groups is 1. The standard InChI is InChI=1S/C19H22N2O4S/c1-3-25-18(23)14-5-4-10-21(12-14)19-20-17(22)16(26-19)11-13-6-8-15(24-2)9-7-13/h6-9,11,14H,3-5,10,12H2,1-2H3/b16-11-/t14-/m1/s1. The lowest BCUT2D eigenvalue weighted by Crippen LogP contribution is -2.41. The smallest absolute Gasteiger partial charge is 0.310 e. The number of thioether (sulfide) groups is 1. The SMILES string of the molecule is CCOC(=O)[C@@H]1CCCN(C2=NC(=O)/C(=C/c3ccc(OC)cc3)S2)C1. The van der Waals surface area contributed by atoms with Crippen LogP contribution in [0.15, 0.2) is 34.2 Å². The van der Waals surface area contributed by atoms with Crippen molar-refractivity contribution < 1.29 is 19.1 Å². The fraction of sp³-hybridized carbons (Fsp3) is 0.421. The minimum absolute atomic E-state index is 0.156. The number of likely N-dealkylation sites (tertiary alicyclic amines) is 1. The van der Waals surface area contributed by atoms with E-state index in [4.69, 9.17) is 9.47 Å². The van der Waals surface area contributed by atoms with E-state index in [9.17, 15) is 9.59 Å². The minimum Gasteiger partial charge on any atom is -0.497 e. The van der Waals surface area contributed by atoms with Gasteiger partial charge in [0, 0.05) is 13.1 Å². The van der Waals surface area contributed by atoms with Crippen LogP contribution in [-0.4, -0.2) is 48.8 Å². The Kier molecular flexibility index (Phi) is 5.98. The summed E-state index contributed by atoms with van der Waals surface area (Å²) in [5.41, 5.74) is 0.918. The number of methoxy groups -OCH3 is 1. The van der Waals surface area contributed by atoms with Gasteiger partial charge in [0.1, 0.15) is 5.75 Å². The fourth-order valence-electron chi connectivity index (χ4n) is 2.99. The molecule has 0 aromatic heterocycles. The molecule has 2 aliphatic heterocycles. The van der Waals surface area contributed by atoms with Crippen LogP contribution in [0.4, 0.5) is 0 Å². The molecule has 138 valence electrons. The quantitative estimate of drug-likeness (QED) is 0.596. The van der Waals surface area contributed by atoms with E-state index in [1.807, 2.05) is 42.2 Å². The van der Waals surface area contributed by atoms with Crippen molar-refractivity contribution in [3.8, 4) is 5.75 Å². The third kappa shape index (κ3) is 4.27. The zero-order valence-electron chi connectivity index (χ0n) is 14.9. The van der Waals surface area contributed by atoms with E-state index in [0.717, 1.165) is 30.7 Å². The Labute approximate surface area is 157 Å². The average Bonchev–Trinajstić information content (AvgIpc) is 3.03. The molecule has 26 heavy (non-hydrogen) atoms. The molecule has 0 spiro atoms. The van der Waals surface area contributed by atoms with Gasteiger partial charge in [-0.15, -0.1) is 0 Å². The third-order valence-corrected chi connectivity index (χ3v) is 5.38. The summed E-state index contributed by atoms with van der Waals surface area (Å²) in [5, 5.41) is 0.670. The maximum Gasteiger partial charge on any atom is 0.310 e. The zero-order valence-corrected chi connectivity index (χ0v) is 15.8. The Bertz CT molecular complexity index is 742. The van der Waals surface area contributed by atoms with Crippen LogP contribution in [0.3, 0.4) is 0 Å². The summed E-state index contributed by atoms with van der Waals surface area (Å²) in [6.07, 6.45) is 3.53. The second-order valence-corrected chi connectivity index (χ2v) is 7.13. The molecule has 1 fully saturated rings. The number of amides is 1. The summed E-state index contributed by atoms with van der Waals surface area (Å²) in [7, 11) is 1.62. The molecule has 0 bridgehead atoms. The van der Waals surface area contributed by atoms with Crippen molar-refractivity contribution >= 4 is 34.9 Å². The van der Waals surface area contributed by atoms with E-state index in [1.54, 1.807) is 7.11 Å². The Morgan fingerprint density at radius 3 is 2.85 bits per heavy atom. The number of rotatable bonds is 4. The maximum atomic E-state index is 12.3. The van der Waals surface area contributed by atoms with Crippen molar-refractivity contribution in [2.75, 3.05) is 26.8 Å². The fourth-order valence-corrected chi connectivity index (χ4v) is 3.94. The highest BCUT2D eigenvalue weighted by Gasteiger charge is 2.32. The molecule has 3 rings (SSSR count). The highest BCUT2D eigenvalue weighted by atomic mass is 32.2. The average molecular weight is 374 g/mol. The molecule has 1 saturated heterocycles. The Morgan fingerprint density at radius 1 is 1.38 bits per heavy atom. The topological polar surface area (TPSA) is 68.2 Å². The Morgan fingerprint density at radius 2 is 2.15 bits per heavy atom. The first-order chi connectivity index (χ1) is 12.6. The number of hydrogen-bond donors (Lipinski definition) is 0. The molecule has 1 atom stereocenters. The van der Waals surface area contributed by atoms with Gasteiger partial charge in [0.2, 0.25) is 0 Å². The first-order valence-corrected chi connectivity index (χ1v) is 9.50. The van der Waals surface area contributed by atoms with Crippen LogP contribution in [0.5, 0.6) is 5.75 Å². The molecule has 6 nitrogen and oxygen atoms in total. The van der Waals surface area contributed by atoms with Gasteiger partial charge in [0.05, 0.1) is 24.5 Å². The number of hydrogen-bond acceptors (Lipinski definition) is 6. The van der Waals surface area contributed by atoms with Crippen molar-refractivity contribution in [2.45, 2.75) is 19.8 Å². The number of carbonyl (C=O) groups is 2. The summed E-state index contributed by atoms with van der Waals surface area (Å²) in [4.78, 5) is 31.0. The summed E-state index contributed by atoms with van der Waals surface area (Å²) in [6, 6.07) is 7.50. The first kappa shape index (κ1) is 18.5. The van der Waals surface area contributed by atoms with Gasteiger partial charge in [-0.05, 0) is 55.3 Å². The van der Waals surface area contributed by atoms with Gasteiger partial charge in [-0.1, -0.05) is 12.1 Å². The molecular weight excluding hydrogens is 352 g/mol. The summed E-state index contributed by atoms with van der Waals surface area (Å²) < 4.78 is 10.3. The van der Waals surface area contributed by atoms with E-state index in [0.29, 0.717) is 23.2 Å². The van der Waals surface area contributed by atoms with Gasteiger partial charge in [0.25, 0.3) is 5.91 Å². The van der Waals surface area contributed by atoms with Crippen LogP contribution < -0.4 is 4.74 Å². The van der Waals surface area contributed by atoms with E-state index in [2.05, 4.69) is 4.99 Å². The second-order valence-electron chi connectivity index (χ2n) is 6.12. The van der Waals surface area contributed by atoms with E-state index >= 15 is 0 Å². The number of benzene rings is 1. The summed E-state index contributed by atoms with van der Waals surface area (Å²) in [6.45, 7) is 3.54. The summed E-state index contributed by atoms with van der Waals surface area (Å²) in [5.74, 6) is 0.213. The van der Waals surface area contributed by atoms with Crippen molar-refractivity contribution in [3.63, 3.8) is 0 Å². The number of esters is 1. The molecule has 2 aliphatic rings. The van der Waals surface area contributed by atoms with Gasteiger partial charge in [-0.3, -0.25) is 9.59 Å². The number of carbonyl (C=O) groups excluding carboxylic acids is 2. The molecule has 0 aliphatic carbocycles. The van der Waals surface area contributed by atoms with Gasteiger partial charge >= 0.3 is 5.97 Å². The number of nitrogens with zero attached hydrogens (tertiary/aromatic N) is 2. The molecule has 1 aromatic carbocycles. The Hall–Kier alpha value is -2.28. The highest BCUT2D eigenvalue weighted by Crippen LogP contribution is 2.32. The largest absolute Gasteiger partial charge is 0.497 e. The predicted molar refractivity (Wildman–Crippen MR) is 102 cm³/mol. The van der Waals surface area contributed by atoms with Crippen LogP contribution in [-0.2, 0) is 14.3 Å². The van der Waals surface area contributed by atoms with E-state index in [1.165, 1.54) is 11.8 Å². The van der Waals surface area contributed by atoms with Gasteiger partial charge in [-0.2, -0.15) is 4.99 Å². The lowest BCUT2D eigenvalue weighted by Gasteiger charge is -2.32. The maximum absolute atomic E-state index is 12.3. The Balaban J connectivity index is 1.67. The van der Waals surface area contributed by atoms with Crippen LogP contribution in [0.2, 0.25) is 0 Å². The normalized spacial score (nSPS) is 21.7. The summed E-state index contributed by atoms with van der Waals surface area (Å²) >= 11 is 1.36. The van der Waals surface area contributed by atoms with Gasteiger partial charge in [-0.25, -0.2) is 0 Å². The molecule has 7 heteroatoms. The zero-order chi connectivity index (χ0) is 18.5. The molecule has 0 unspecified atom stereocenters. The number of piperidine rings is 1. The van der Waals surface area contributed by atoms with Crippen molar-refractivity contribution in [2.24, 2.45) is 10.9 Å². The second kappa shape index (κ2) is 8.40. The van der Waals surface area contributed by atoms with Crippen LogP contribution in [0.1, 0.15) is 25.3 Å². The predicted octanol–water partition coefficient (Wildman–Crippen LogP) is 2.94. The van der Waals surface area contributed by atoms with Crippen molar-refractivity contribution in [1.29, 1.82) is 0 Å². The van der Waals surface area contributed by atoms with Crippen molar-refractivity contribution in [3.05, 3.63) is 34.7 Å². The molecule has 2 heterocycles. The molecule has 0 saturated carbocycles. The first-order valence-electron chi connectivity index (χ1n) is 8.69. The van der Waals surface area contributed by atoms with E-state index < -0.39 is 0 Å². The lowest BCUT2D eigenvalue weighted by atomic mass is 9.99.